The lowest BCUT2D eigenvalue weighted by Crippen LogP contribution is -2.10. The van der Waals surface area contributed by atoms with Crippen LogP contribution in [0, 0.1) is 12.7 Å². The quantitative estimate of drug-likeness (QED) is 0.790. The molecule has 0 aliphatic heterocycles. The number of imidazole rings is 1. The lowest BCUT2D eigenvalue weighted by atomic mass is 10.2. The van der Waals surface area contributed by atoms with E-state index in [1.165, 1.54) is 12.1 Å². The van der Waals surface area contributed by atoms with Crippen molar-refractivity contribution in [3.8, 4) is 5.69 Å². The molecule has 0 amide bonds. The number of hydrogen-bond acceptors (Lipinski definition) is 3. The summed E-state index contributed by atoms with van der Waals surface area (Å²) in [7, 11) is 0. The van der Waals surface area contributed by atoms with Crippen molar-refractivity contribution in [1.82, 2.24) is 9.55 Å². The fourth-order valence-corrected chi connectivity index (χ4v) is 1.99. The number of aromatic nitrogens is 2. The Kier molecular flexibility index (Phi) is 5.12. The highest BCUT2D eigenvalue weighted by atomic mass is 19.1. The lowest BCUT2D eigenvalue weighted by Gasteiger charge is -2.12. The zero-order valence-corrected chi connectivity index (χ0v) is 11.9. The molecule has 0 saturated carbocycles. The Balaban J connectivity index is 2.06. The zero-order valence-electron chi connectivity index (χ0n) is 11.9. The second kappa shape index (κ2) is 7.05. The van der Waals surface area contributed by atoms with E-state index in [0.717, 1.165) is 43.4 Å². The number of benzene rings is 1. The van der Waals surface area contributed by atoms with E-state index in [0.29, 0.717) is 0 Å². The van der Waals surface area contributed by atoms with Crippen LogP contribution in [0.4, 0.5) is 10.3 Å². The summed E-state index contributed by atoms with van der Waals surface area (Å²) in [6.07, 6.45) is 4.44. The van der Waals surface area contributed by atoms with E-state index in [9.17, 15) is 4.39 Å². The minimum absolute atomic E-state index is 0.249. The minimum atomic E-state index is -0.249. The van der Waals surface area contributed by atoms with Crippen molar-refractivity contribution in [3.63, 3.8) is 0 Å². The van der Waals surface area contributed by atoms with Crippen LogP contribution in [0.15, 0.2) is 30.6 Å². The highest BCUT2D eigenvalue weighted by molar-refractivity contribution is 5.46. The monoisotopic (exact) mass is 277 g/mol. The SMILES string of the molecule is CCOCCCNc1nccn1-c1cc(F)ccc1C. The first-order valence-corrected chi connectivity index (χ1v) is 6.84. The fraction of sp³-hybridized carbons (Fsp3) is 0.400. The maximum atomic E-state index is 13.4. The summed E-state index contributed by atoms with van der Waals surface area (Å²) in [5.74, 6) is 0.469. The molecule has 0 saturated heterocycles. The average molecular weight is 277 g/mol. The highest BCUT2D eigenvalue weighted by Gasteiger charge is 2.08. The molecule has 0 fully saturated rings. The van der Waals surface area contributed by atoms with Crippen molar-refractivity contribution in [3.05, 3.63) is 42.0 Å². The Hall–Kier alpha value is -1.88. The normalized spacial score (nSPS) is 10.8. The number of nitrogens with zero attached hydrogens (tertiary/aromatic N) is 2. The molecule has 0 unspecified atom stereocenters. The molecule has 0 radical (unpaired) electrons. The fourth-order valence-electron chi connectivity index (χ4n) is 1.99. The van der Waals surface area contributed by atoms with Gasteiger partial charge in [-0.25, -0.2) is 9.37 Å². The Morgan fingerprint density at radius 2 is 2.25 bits per heavy atom. The van der Waals surface area contributed by atoms with Crippen LogP contribution in [0.25, 0.3) is 5.69 Å². The predicted molar refractivity (Wildman–Crippen MR) is 77.9 cm³/mol. The first-order chi connectivity index (χ1) is 9.72. The highest BCUT2D eigenvalue weighted by Crippen LogP contribution is 2.19. The average Bonchev–Trinajstić information content (AvgIpc) is 2.89. The van der Waals surface area contributed by atoms with Crippen LogP contribution in [-0.4, -0.2) is 29.3 Å². The van der Waals surface area contributed by atoms with Crippen molar-refractivity contribution in [1.29, 1.82) is 0 Å². The van der Waals surface area contributed by atoms with E-state index in [2.05, 4.69) is 10.3 Å². The van der Waals surface area contributed by atoms with Crippen molar-refractivity contribution < 1.29 is 9.13 Å². The second-order valence-corrected chi connectivity index (χ2v) is 4.53. The van der Waals surface area contributed by atoms with Gasteiger partial charge in [0, 0.05) is 32.2 Å². The van der Waals surface area contributed by atoms with Gasteiger partial charge in [-0.2, -0.15) is 0 Å². The maximum absolute atomic E-state index is 13.4. The zero-order chi connectivity index (χ0) is 14.4. The number of hydrogen-bond donors (Lipinski definition) is 1. The van der Waals surface area contributed by atoms with E-state index >= 15 is 0 Å². The minimum Gasteiger partial charge on any atom is -0.382 e. The summed E-state index contributed by atoms with van der Waals surface area (Å²) in [6.45, 7) is 6.16. The number of ether oxygens (including phenoxy) is 1. The van der Waals surface area contributed by atoms with Crippen LogP contribution in [0.3, 0.4) is 0 Å². The molecule has 2 rings (SSSR count). The summed E-state index contributed by atoms with van der Waals surface area (Å²) < 4.78 is 20.5. The van der Waals surface area contributed by atoms with Gasteiger partial charge in [-0.1, -0.05) is 6.07 Å². The van der Waals surface area contributed by atoms with Crippen molar-refractivity contribution in [2.24, 2.45) is 0 Å². The van der Waals surface area contributed by atoms with Crippen molar-refractivity contribution in [2.75, 3.05) is 25.1 Å². The summed E-state index contributed by atoms with van der Waals surface area (Å²) in [5, 5.41) is 3.25. The van der Waals surface area contributed by atoms with E-state index in [1.54, 1.807) is 12.3 Å². The smallest absolute Gasteiger partial charge is 0.207 e. The third kappa shape index (κ3) is 3.57. The molecule has 0 aliphatic carbocycles. The Morgan fingerprint density at radius 3 is 3.05 bits per heavy atom. The molecule has 1 heterocycles. The van der Waals surface area contributed by atoms with E-state index in [4.69, 9.17) is 4.74 Å². The summed E-state index contributed by atoms with van der Waals surface area (Å²) in [4.78, 5) is 4.27. The number of halogens is 1. The van der Waals surface area contributed by atoms with Gasteiger partial charge in [-0.3, -0.25) is 4.57 Å². The van der Waals surface area contributed by atoms with Gasteiger partial charge >= 0.3 is 0 Å². The van der Waals surface area contributed by atoms with Gasteiger partial charge in [0.05, 0.1) is 5.69 Å². The van der Waals surface area contributed by atoms with Crippen molar-refractivity contribution >= 4 is 5.95 Å². The molecule has 0 bridgehead atoms. The van der Waals surface area contributed by atoms with Crippen LogP contribution >= 0.6 is 0 Å². The molecule has 4 nitrogen and oxygen atoms in total. The topological polar surface area (TPSA) is 39.1 Å². The molecular weight excluding hydrogens is 257 g/mol. The molecule has 1 aromatic carbocycles. The van der Waals surface area contributed by atoms with Gasteiger partial charge in [0.15, 0.2) is 0 Å². The van der Waals surface area contributed by atoms with Gasteiger partial charge in [-0.05, 0) is 38.0 Å². The molecule has 5 heteroatoms. The Morgan fingerprint density at radius 1 is 1.40 bits per heavy atom. The van der Waals surface area contributed by atoms with Crippen LogP contribution in [-0.2, 0) is 4.74 Å². The van der Waals surface area contributed by atoms with Gasteiger partial charge in [0.2, 0.25) is 5.95 Å². The van der Waals surface area contributed by atoms with Crippen LogP contribution < -0.4 is 5.32 Å². The van der Waals surface area contributed by atoms with Crippen LogP contribution in [0.2, 0.25) is 0 Å². The summed E-state index contributed by atoms with van der Waals surface area (Å²) in [6, 6.07) is 4.75. The van der Waals surface area contributed by atoms with E-state index < -0.39 is 0 Å². The molecule has 1 aromatic heterocycles. The Bertz CT molecular complexity index is 554. The molecule has 0 spiro atoms. The van der Waals surface area contributed by atoms with E-state index in [1.807, 2.05) is 24.6 Å². The van der Waals surface area contributed by atoms with Crippen molar-refractivity contribution in [2.45, 2.75) is 20.3 Å². The standard InChI is InChI=1S/C15H20FN3O/c1-3-20-10-4-7-17-15-18-8-9-19(15)14-11-13(16)6-5-12(14)2/h5-6,8-9,11H,3-4,7,10H2,1-2H3,(H,17,18). The molecule has 0 atom stereocenters. The lowest BCUT2D eigenvalue weighted by molar-refractivity contribution is 0.147. The first-order valence-electron chi connectivity index (χ1n) is 6.84. The number of nitrogens with one attached hydrogen (secondary N) is 1. The van der Waals surface area contributed by atoms with Gasteiger partial charge < -0.3 is 10.1 Å². The number of rotatable bonds is 7. The number of anilines is 1. The van der Waals surface area contributed by atoms with Crippen LogP contribution in [0.5, 0.6) is 0 Å². The molecule has 1 N–H and O–H groups in total. The maximum Gasteiger partial charge on any atom is 0.207 e. The predicted octanol–water partition coefficient (Wildman–Crippen LogP) is 3.16. The third-order valence-corrected chi connectivity index (χ3v) is 3.02. The van der Waals surface area contributed by atoms with E-state index in [-0.39, 0.29) is 5.82 Å². The largest absolute Gasteiger partial charge is 0.382 e. The molecule has 20 heavy (non-hydrogen) atoms. The van der Waals surface area contributed by atoms with Gasteiger partial charge in [0.25, 0.3) is 0 Å². The summed E-state index contributed by atoms with van der Waals surface area (Å²) >= 11 is 0. The molecule has 2 aromatic rings. The number of aryl methyl sites for hydroxylation is 1. The van der Waals surface area contributed by atoms with Gasteiger partial charge in [0.1, 0.15) is 5.82 Å². The third-order valence-electron chi connectivity index (χ3n) is 3.02. The van der Waals surface area contributed by atoms with Crippen LogP contribution in [0.1, 0.15) is 18.9 Å². The Labute approximate surface area is 118 Å². The summed E-state index contributed by atoms with van der Waals surface area (Å²) in [5.41, 5.74) is 1.80. The van der Waals surface area contributed by atoms with Gasteiger partial charge in [-0.15, -0.1) is 0 Å². The molecule has 108 valence electrons. The molecular formula is C15H20FN3O. The first kappa shape index (κ1) is 14.5. The second-order valence-electron chi connectivity index (χ2n) is 4.53. The molecule has 0 aliphatic rings.